The van der Waals surface area contributed by atoms with Crippen molar-refractivity contribution < 1.29 is 13.5 Å². The van der Waals surface area contributed by atoms with E-state index in [-0.39, 0.29) is 10.8 Å². The second-order valence-electron chi connectivity index (χ2n) is 1.94. The highest BCUT2D eigenvalue weighted by atomic mass is 35.5. The summed E-state index contributed by atoms with van der Waals surface area (Å²) in [5.74, 6) is -1.40. The van der Waals surface area contributed by atoms with Crippen molar-refractivity contribution in [2.24, 2.45) is 0 Å². The lowest BCUT2D eigenvalue weighted by molar-refractivity contribution is 0.126. The molecule has 0 unspecified atom stereocenters. The Morgan fingerprint density at radius 1 is 1.27 bits per heavy atom. The maximum absolute atomic E-state index is 12.6. The summed E-state index contributed by atoms with van der Waals surface area (Å²) in [7, 11) is 1.41. The monoisotopic (exact) mass is 179 g/mol. The zero-order chi connectivity index (χ0) is 8.43. The van der Waals surface area contributed by atoms with E-state index in [0.29, 0.717) is 6.07 Å². The summed E-state index contributed by atoms with van der Waals surface area (Å²) in [4.78, 5) is 0. The zero-order valence-electron chi connectivity index (χ0n) is 5.74. The van der Waals surface area contributed by atoms with Gasteiger partial charge in [-0.2, -0.15) is 4.39 Å². The molecule has 0 amide bonds. The number of aliphatic hydroxyl groups is 1. The molecular weight excluding hydrogens is 174 g/mol. The molecule has 1 rings (SSSR count). The van der Waals surface area contributed by atoms with Crippen LogP contribution in [0.25, 0.3) is 0 Å². The molecule has 0 radical (unpaired) electrons. The van der Waals surface area contributed by atoms with Gasteiger partial charge in [-0.25, -0.2) is 4.39 Å². The lowest BCUT2D eigenvalue weighted by atomic mass is 10.3. The van der Waals surface area contributed by atoms with Gasteiger partial charge in [-0.05, 0) is 0 Å². The van der Waals surface area contributed by atoms with E-state index in [2.05, 4.69) is 4.74 Å². The SMILES string of the molecule is C[OH+]c1cc(Cl)c(F)cc1F. The third-order valence-electron chi connectivity index (χ3n) is 1.23. The molecule has 4 heteroatoms. The lowest BCUT2D eigenvalue weighted by Gasteiger charge is -1.99. The fourth-order valence-electron chi connectivity index (χ4n) is 0.683. The van der Waals surface area contributed by atoms with Crippen molar-refractivity contribution in [1.82, 2.24) is 0 Å². The van der Waals surface area contributed by atoms with Crippen LogP contribution in [0.4, 0.5) is 8.78 Å². The zero-order valence-corrected chi connectivity index (χ0v) is 6.49. The maximum Gasteiger partial charge on any atom is 0.292 e. The largest absolute Gasteiger partial charge is 0.583 e. The number of hydrogen-bond acceptors (Lipinski definition) is 0. The molecule has 0 aromatic heterocycles. The molecule has 1 aromatic rings. The summed E-state index contributed by atoms with van der Waals surface area (Å²) in [6, 6.07) is 1.86. The average Bonchev–Trinajstić information content (AvgIpc) is 1.97. The van der Waals surface area contributed by atoms with Crippen LogP contribution in [0.5, 0.6) is 5.75 Å². The van der Waals surface area contributed by atoms with E-state index in [1.807, 2.05) is 0 Å². The molecule has 1 aromatic carbocycles. The van der Waals surface area contributed by atoms with E-state index >= 15 is 0 Å². The predicted octanol–water partition coefficient (Wildman–Crippen LogP) is 2.49. The average molecular weight is 180 g/mol. The standard InChI is InChI=1S/C7H5ClF2O/c1-11-7-2-4(8)5(9)3-6(7)10/h2-3H,1H3/p+1. The Hall–Kier alpha value is -0.830. The van der Waals surface area contributed by atoms with Crippen LogP contribution in [0, 0.1) is 11.6 Å². The van der Waals surface area contributed by atoms with Crippen LogP contribution >= 0.6 is 11.6 Å². The van der Waals surface area contributed by atoms with Gasteiger partial charge in [-0.15, -0.1) is 0 Å². The topological polar surface area (TPSA) is 12.8 Å². The molecule has 1 nitrogen and oxygen atoms in total. The van der Waals surface area contributed by atoms with Crippen LogP contribution in [0.2, 0.25) is 5.02 Å². The summed E-state index contributed by atoms with van der Waals surface area (Å²) in [6.07, 6.45) is 0. The second-order valence-corrected chi connectivity index (χ2v) is 2.35. The minimum atomic E-state index is -0.767. The third kappa shape index (κ3) is 1.60. The molecule has 0 spiro atoms. The number of ether oxygens (including phenoxy) is 1. The van der Waals surface area contributed by atoms with Crippen molar-refractivity contribution in [2.75, 3.05) is 7.11 Å². The quantitative estimate of drug-likeness (QED) is 0.464. The molecule has 0 aliphatic heterocycles. The van der Waals surface area contributed by atoms with E-state index < -0.39 is 11.6 Å². The van der Waals surface area contributed by atoms with Crippen molar-refractivity contribution in [2.45, 2.75) is 0 Å². The van der Waals surface area contributed by atoms with Crippen molar-refractivity contribution in [1.29, 1.82) is 0 Å². The van der Waals surface area contributed by atoms with E-state index in [1.165, 1.54) is 7.11 Å². The predicted molar refractivity (Wildman–Crippen MR) is 39.0 cm³/mol. The number of halogens is 3. The Morgan fingerprint density at radius 3 is 2.45 bits per heavy atom. The van der Waals surface area contributed by atoms with Gasteiger partial charge in [0.2, 0.25) is 5.82 Å². The fraction of sp³-hybridized carbons (Fsp3) is 0.143. The minimum Gasteiger partial charge on any atom is -0.583 e. The first-order chi connectivity index (χ1) is 5.15. The molecule has 0 fully saturated rings. The highest BCUT2D eigenvalue weighted by Crippen LogP contribution is 2.24. The van der Waals surface area contributed by atoms with E-state index in [1.54, 1.807) is 0 Å². The van der Waals surface area contributed by atoms with Gasteiger partial charge in [0.15, 0.2) is 7.11 Å². The van der Waals surface area contributed by atoms with Crippen LogP contribution in [0.3, 0.4) is 0 Å². The number of rotatable bonds is 1. The first kappa shape index (κ1) is 8.27. The lowest BCUT2D eigenvalue weighted by Crippen LogP contribution is -1.86. The van der Waals surface area contributed by atoms with Gasteiger partial charge in [0.1, 0.15) is 5.82 Å². The molecule has 0 aliphatic carbocycles. The van der Waals surface area contributed by atoms with Gasteiger partial charge < -0.3 is 4.74 Å². The fourth-order valence-corrected chi connectivity index (χ4v) is 0.841. The first-order valence-corrected chi connectivity index (χ1v) is 3.27. The molecule has 0 aliphatic rings. The number of aromatic hydroxyl groups is 1. The summed E-state index contributed by atoms with van der Waals surface area (Å²) >= 11 is 5.36. The van der Waals surface area contributed by atoms with Crippen molar-refractivity contribution in [3.8, 4) is 5.75 Å². The Labute approximate surface area is 67.5 Å². The van der Waals surface area contributed by atoms with Crippen molar-refractivity contribution in [3.05, 3.63) is 28.8 Å². The van der Waals surface area contributed by atoms with Gasteiger partial charge in [0.25, 0.3) is 5.75 Å². The molecule has 0 bridgehead atoms. The molecule has 0 heterocycles. The van der Waals surface area contributed by atoms with Gasteiger partial charge >= 0.3 is 0 Å². The molecular formula is C7H6ClF2O+. The third-order valence-corrected chi connectivity index (χ3v) is 1.52. The van der Waals surface area contributed by atoms with Crippen LogP contribution in [-0.2, 0) is 0 Å². The molecule has 60 valence electrons. The van der Waals surface area contributed by atoms with Crippen LogP contribution < -0.4 is 0 Å². The highest BCUT2D eigenvalue weighted by molar-refractivity contribution is 6.30. The van der Waals surface area contributed by atoms with E-state index in [0.717, 1.165) is 6.07 Å². The van der Waals surface area contributed by atoms with Crippen LogP contribution in [0.1, 0.15) is 0 Å². The van der Waals surface area contributed by atoms with E-state index in [9.17, 15) is 8.78 Å². The molecule has 11 heavy (non-hydrogen) atoms. The molecule has 0 saturated carbocycles. The van der Waals surface area contributed by atoms with Crippen molar-refractivity contribution >= 4 is 11.6 Å². The molecule has 0 atom stereocenters. The second kappa shape index (κ2) is 3.05. The summed E-state index contributed by atoms with van der Waals surface area (Å²) in [6.45, 7) is 0. The smallest absolute Gasteiger partial charge is 0.292 e. The number of hydrogen-bond donors (Lipinski definition) is 0. The Kier molecular flexibility index (Phi) is 2.29. The van der Waals surface area contributed by atoms with Gasteiger partial charge in [-0.3, -0.25) is 0 Å². The Balaban J connectivity index is 3.21. The van der Waals surface area contributed by atoms with Gasteiger partial charge in [0, 0.05) is 6.07 Å². The van der Waals surface area contributed by atoms with E-state index in [4.69, 9.17) is 11.6 Å². The summed E-state index contributed by atoms with van der Waals surface area (Å²) < 4.78 is 28.7. The first-order valence-electron chi connectivity index (χ1n) is 2.89. The molecule has 1 N–H and O–H groups in total. The van der Waals surface area contributed by atoms with Crippen LogP contribution in [0.15, 0.2) is 12.1 Å². The van der Waals surface area contributed by atoms with Crippen molar-refractivity contribution in [3.63, 3.8) is 0 Å². The molecule has 0 saturated heterocycles. The minimum absolute atomic E-state index is 0.0661. The number of benzene rings is 1. The highest BCUT2D eigenvalue weighted by Gasteiger charge is 2.11. The van der Waals surface area contributed by atoms with Crippen LogP contribution in [-0.4, -0.2) is 11.8 Å². The summed E-state index contributed by atoms with van der Waals surface area (Å²) in [5, 5.41) is -0.119. The maximum atomic E-state index is 12.6. The summed E-state index contributed by atoms with van der Waals surface area (Å²) in [5.41, 5.74) is 0. The Morgan fingerprint density at radius 2 is 1.91 bits per heavy atom. The van der Waals surface area contributed by atoms with Gasteiger partial charge in [0.05, 0.1) is 11.1 Å². The van der Waals surface area contributed by atoms with Gasteiger partial charge in [-0.1, -0.05) is 11.6 Å². The Bertz CT molecular complexity index is 275. The normalized spacial score (nSPS) is 9.82.